The molecule has 0 radical (unpaired) electrons. The molecule has 70 valence electrons. The van der Waals surface area contributed by atoms with Gasteiger partial charge in [-0.25, -0.2) is 4.79 Å². The fraction of sp³-hybridized carbons (Fsp3) is 0.333. The molecule has 0 aromatic carbocycles. The van der Waals surface area contributed by atoms with Crippen molar-refractivity contribution >= 4 is 19.4 Å². The maximum absolute atomic E-state index is 10.6. The number of carbonyl (C=O) groups excluding carboxylic acids is 1. The molecule has 0 unspecified atom stereocenters. The predicted octanol–water partition coefficient (Wildman–Crippen LogP) is -3.84. The molecule has 5 nitrogen and oxygen atoms in total. The first-order chi connectivity index (χ1) is 5.40. The van der Waals surface area contributed by atoms with Crippen molar-refractivity contribution < 1.29 is 56.7 Å². The van der Waals surface area contributed by atoms with Crippen LogP contribution in [0.25, 0.3) is 0 Å². The first-order valence-electron chi connectivity index (χ1n) is 2.37. The van der Waals surface area contributed by atoms with Gasteiger partial charge in [-0.1, -0.05) is 0 Å². The maximum Gasteiger partial charge on any atom is 1.00 e. The van der Waals surface area contributed by atoms with Gasteiger partial charge in [0.15, 0.2) is 0 Å². The van der Waals surface area contributed by atoms with Crippen LogP contribution < -0.4 is 23.9 Å². The number of rotatable bonds is 2. The summed E-state index contributed by atoms with van der Waals surface area (Å²) in [5.41, 5.74) is 0. The third-order valence-electron chi connectivity index (χ3n) is 0.382. The zero-order chi connectivity index (χ0) is 10.1. The van der Waals surface area contributed by atoms with Gasteiger partial charge in [0.25, 0.3) is 0 Å². The average molecular weight is 194 g/mol. The van der Waals surface area contributed by atoms with Gasteiger partial charge in [-0.05, 0) is 0 Å². The Morgan fingerprint density at radius 1 is 1.46 bits per heavy atom. The van der Waals surface area contributed by atoms with Crippen LogP contribution in [0.4, 0.5) is 13.2 Å². The van der Waals surface area contributed by atoms with Crippen LogP contribution in [0.3, 0.4) is 0 Å². The Labute approximate surface area is 83.2 Å². The van der Waals surface area contributed by atoms with E-state index >= 15 is 0 Å². The topological polar surface area (TPSA) is 86.7 Å². The Bertz CT molecular complexity index is 153. The Balaban J connectivity index is -0.000000173. The minimum atomic E-state index is -3.42. The first-order valence-corrected chi connectivity index (χ1v) is 2.37. The number of halogens is 3. The molecule has 0 aromatic rings. The van der Waals surface area contributed by atoms with Crippen LogP contribution >= 0.6 is 0 Å². The molecular formula is C3H3BF3LiO5. The third-order valence-corrected chi connectivity index (χ3v) is 0.382. The van der Waals surface area contributed by atoms with Crippen molar-refractivity contribution in [3.63, 3.8) is 0 Å². The fourth-order valence-electron chi connectivity index (χ4n) is 0.151. The summed E-state index contributed by atoms with van der Waals surface area (Å²) in [4.78, 5) is 21.7. The van der Waals surface area contributed by atoms with Crippen molar-refractivity contribution in [2.75, 3.05) is 0 Å². The second-order valence-corrected chi connectivity index (χ2v) is 1.28. The molecule has 0 fully saturated rings. The summed E-state index contributed by atoms with van der Waals surface area (Å²) in [7, 11) is -3.42. The van der Waals surface area contributed by atoms with Crippen LogP contribution in [0.2, 0.25) is 0 Å². The van der Waals surface area contributed by atoms with Crippen molar-refractivity contribution in [2.24, 2.45) is 0 Å². The molecule has 0 rings (SSSR count). The van der Waals surface area contributed by atoms with Crippen LogP contribution in [0.5, 0.6) is 0 Å². The second-order valence-electron chi connectivity index (χ2n) is 1.28. The van der Waals surface area contributed by atoms with Gasteiger partial charge in [-0.2, -0.15) is 0 Å². The summed E-state index contributed by atoms with van der Waals surface area (Å²) in [6.45, 7) is 0. The van der Waals surface area contributed by atoms with Crippen LogP contribution in [0.1, 0.15) is 6.42 Å². The standard InChI is InChI=1S/C3H3FO4.BF2O.Li/c4-8-3(7)1-2(5)6;2-1(3)4;/h1H2,(H,5,6);;/q;-1;+1. The molecule has 0 atom stereocenters. The van der Waals surface area contributed by atoms with Gasteiger partial charge in [0.05, 0.1) is 0 Å². The fourth-order valence-corrected chi connectivity index (χ4v) is 0.151. The van der Waals surface area contributed by atoms with Crippen LogP contribution in [0.15, 0.2) is 0 Å². The van der Waals surface area contributed by atoms with E-state index in [1.54, 1.807) is 0 Å². The molecule has 0 spiro atoms. The van der Waals surface area contributed by atoms with E-state index in [2.05, 4.69) is 4.94 Å². The quantitative estimate of drug-likeness (QED) is 0.359. The van der Waals surface area contributed by atoms with Gasteiger partial charge in [0.2, 0.25) is 0 Å². The minimum absolute atomic E-state index is 0. The van der Waals surface area contributed by atoms with E-state index in [9.17, 15) is 22.7 Å². The van der Waals surface area contributed by atoms with E-state index in [0.717, 1.165) is 0 Å². The summed E-state index contributed by atoms with van der Waals surface area (Å²) >= 11 is 0. The van der Waals surface area contributed by atoms with E-state index in [0.29, 0.717) is 0 Å². The largest absolute Gasteiger partial charge is 1.00 e. The van der Waals surface area contributed by atoms with Crippen molar-refractivity contribution in [1.29, 1.82) is 0 Å². The number of carbonyl (C=O) groups is 2. The second kappa shape index (κ2) is 11.4. The molecule has 0 bridgehead atoms. The molecule has 13 heavy (non-hydrogen) atoms. The number of aliphatic carboxylic acids is 1. The summed E-state index contributed by atoms with van der Waals surface area (Å²) in [5, 5.41) is 15.9. The van der Waals surface area contributed by atoms with Crippen LogP contribution in [0, 0.1) is 0 Å². The molecule has 0 aromatic heterocycles. The summed E-state index contributed by atoms with van der Waals surface area (Å²) in [6, 6.07) is 0. The Kier molecular flexibility index (Phi) is 15.9. The van der Waals surface area contributed by atoms with Crippen molar-refractivity contribution in [2.45, 2.75) is 6.42 Å². The monoisotopic (exact) mass is 194 g/mol. The Hall–Kier alpha value is -0.648. The molecule has 0 heterocycles. The van der Waals surface area contributed by atoms with Gasteiger partial charge >= 0.3 is 38.3 Å². The van der Waals surface area contributed by atoms with Crippen molar-refractivity contribution in [3.05, 3.63) is 0 Å². The van der Waals surface area contributed by atoms with Gasteiger partial charge in [-0.3, -0.25) is 9.74 Å². The molecule has 1 N–H and O–H groups in total. The molecule has 0 aliphatic rings. The molecule has 0 saturated carbocycles. The number of hydrogen-bond donors (Lipinski definition) is 1. The zero-order valence-corrected chi connectivity index (χ0v) is 6.50. The third kappa shape index (κ3) is 34.7. The molecule has 10 heteroatoms. The molecule has 0 aliphatic heterocycles. The first kappa shape index (κ1) is 18.2. The van der Waals surface area contributed by atoms with Crippen molar-refractivity contribution in [1.82, 2.24) is 0 Å². The Morgan fingerprint density at radius 2 is 1.77 bits per heavy atom. The van der Waals surface area contributed by atoms with E-state index in [-0.39, 0.29) is 18.9 Å². The predicted molar refractivity (Wildman–Crippen MR) is 27.4 cm³/mol. The molecule has 0 aliphatic carbocycles. The van der Waals surface area contributed by atoms with E-state index in [1.807, 2.05) is 0 Å². The zero-order valence-electron chi connectivity index (χ0n) is 6.50. The van der Waals surface area contributed by atoms with Gasteiger partial charge < -0.3 is 18.8 Å². The van der Waals surface area contributed by atoms with E-state index in [4.69, 9.17) is 10.1 Å². The van der Waals surface area contributed by atoms with Gasteiger partial charge in [0, 0.05) is 4.53 Å². The summed E-state index contributed by atoms with van der Waals surface area (Å²) in [6.07, 6.45) is -0.934. The smallest absolute Gasteiger partial charge is 0.824 e. The molecule has 0 saturated heterocycles. The average Bonchev–Trinajstić information content (AvgIpc) is 1.84. The van der Waals surface area contributed by atoms with Gasteiger partial charge in [-0.15, -0.1) is 0 Å². The number of hydrogen-bond acceptors (Lipinski definition) is 4. The Morgan fingerprint density at radius 3 is 1.85 bits per heavy atom. The van der Waals surface area contributed by atoms with E-state index in [1.165, 1.54) is 0 Å². The summed E-state index contributed by atoms with van der Waals surface area (Å²) in [5.74, 6) is -2.80. The summed E-state index contributed by atoms with van der Waals surface area (Å²) < 4.78 is 30.2. The minimum Gasteiger partial charge on any atom is -0.824 e. The van der Waals surface area contributed by atoms with Crippen molar-refractivity contribution in [3.8, 4) is 0 Å². The maximum atomic E-state index is 10.6. The van der Waals surface area contributed by atoms with Gasteiger partial charge in [0.1, 0.15) is 6.42 Å². The van der Waals surface area contributed by atoms with E-state index < -0.39 is 25.8 Å². The number of carboxylic acid groups (broad SMARTS) is 1. The van der Waals surface area contributed by atoms with Crippen LogP contribution in [-0.4, -0.2) is 24.5 Å². The molecular weight excluding hydrogens is 191 g/mol. The van der Waals surface area contributed by atoms with Crippen LogP contribution in [-0.2, 0) is 14.5 Å². The normalized spacial score (nSPS) is 7.08. The molecule has 0 amide bonds. The SMILES string of the molecule is O=C(O)CC(=O)OF.[Li+].[O-]B(F)F. The number of carboxylic acids is 1.